The fourth-order valence-electron chi connectivity index (χ4n) is 2.99. The standard InChI is InChI=1S/C12H19N3S/c13-12-14-10-6-7-15(8-11(10)16-12)9-4-2-1-3-5-9/h9H,1-8H2,(H2,13,14). The molecule has 4 heteroatoms. The zero-order chi connectivity index (χ0) is 11.0. The summed E-state index contributed by atoms with van der Waals surface area (Å²) >= 11 is 1.68. The van der Waals surface area contributed by atoms with Crippen molar-refractivity contribution in [1.82, 2.24) is 9.88 Å². The Morgan fingerprint density at radius 1 is 1.25 bits per heavy atom. The number of nitrogens with zero attached hydrogens (tertiary/aromatic N) is 2. The zero-order valence-corrected chi connectivity index (χ0v) is 10.4. The first kappa shape index (κ1) is 10.5. The van der Waals surface area contributed by atoms with Crippen LogP contribution in [0.1, 0.15) is 42.7 Å². The van der Waals surface area contributed by atoms with Crippen molar-refractivity contribution in [3.8, 4) is 0 Å². The van der Waals surface area contributed by atoms with Gasteiger partial charge in [-0.15, -0.1) is 11.3 Å². The first-order chi connectivity index (χ1) is 7.83. The van der Waals surface area contributed by atoms with Crippen LogP contribution in [0.4, 0.5) is 5.13 Å². The molecule has 1 aliphatic heterocycles. The number of aromatic nitrogens is 1. The van der Waals surface area contributed by atoms with E-state index in [1.165, 1.54) is 49.2 Å². The van der Waals surface area contributed by atoms with Crippen LogP contribution < -0.4 is 5.73 Å². The van der Waals surface area contributed by atoms with Crippen molar-refractivity contribution in [2.24, 2.45) is 0 Å². The summed E-state index contributed by atoms with van der Waals surface area (Å²) in [7, 11) is 0. The highest BCUT2D eigenvalue weighted by Gasteiger charge is 2.26. The SMILES string of the molecule is Nc1nc2c(s1)CN(C1CCCCC1)CC2. The summed E-state index contributed by atoms with van der Waals surface area (Å²) in [6, 6.07) is 0.824. The highest BCUT2D eigenvalue weighted by Crippen LogP contribution is 2.31. The van der Waals surface area contributed by atoms with Gasteiger partial charge in [0.05, 0.1) is 5.69 Å². The molecule has 2 aliphatic rings. The lowest BCUT2D eigenvalue weighted by atomic mass is 9.93. The lowest BCUT2D eigenvalue weighted by Crippen LogP contribution is -2.39. The van der Waals surface area contributed by atoms with Crippen molar-refractivity contribution in [3.05, 3.63) is 10.6 Å². The van der Waals surface area contributed by atoms with Crippen LogP contribution >= 0.6 is 11.3 Å². The molecule has 0 unspecified atom stereocenters. The largest absolute Gasteiger partial charge is 0.375 e. The van der Waals surface area contributed by atoms with E-state index in [2.05, 4.69) is 9.88 Å². The Hall–Kier alpha value is -0.610. The number of hydrogen-bond donors (Lipinski definition) is 1. The van der Waals surface area contributed by atoms with Crippen molar-refractivity contribution < 1.29 is 0 Å². The summed E-state index contributed by atoms with van der Waals surface area (Å²) < 4.78 is 0. The molecular formula is C12H19N3S. The summed E-state index contributed by atoms with van der Waals surface area (Å²) in [5.74, 6) is 0. The van der Waals surface area contributed by atoms with Gasteiger partial charge in [-0.1, -0.05) is 19.3 Å². The third-order valence-corrected chi connectivity index (χ3v) is 4.78. The minimum atomic E-state index is 0.746. The quantitative estimate of drug-likeness (QED) is 0.815. The van der Waals surface area contributed by atoms with E-state index in [9.17, 15) is 0 Å². The molecule has 0 atom stereocenters. The second-order valence-electron chi connectivity index (χ2n) is 4.93. The van der Waals surface area contributed by atoms with E-state index < -0.39 is 0 Å². The fourth-order valence-corrected chi connectivity index (χ4v) is 3.90. The van der Waals surface area contributed by atoms with Gasteiger partial charge >= 0.3 is 0 Å². The van der Waals surface area contributed by atoms with E-state index in [4.69, 9.17) is 5.73 Å². The topological polar surface area (TPSA) is 42.1 Å². The number of anilines is 1. The summed E-state index contributed by atoms with van der Waals surface area (Å²) in [5.41, 5.74) is 7.03. The van der Waals surface area contributed by atoms with E-state index in [0.29, 0.717) is 0 Å². The van der Waals surface area contributed by atoms with Crippen molar-refractivity contribution in [1.29, 1.82) is 0 Å². The Balaban J connectivity index is 1.71. The minimum Gasteiger partial charge on any atom is -0.375 e. The Labute approximate surface area is 101 Å². The fraction of sp³-hybridized carbons (Fsp3) is 0.750. The van der Waals surface area contributed by atoms with Gasteiger partial charge < -0.3 is 5.73 Å². The molecule has 88 valence electrons. The molecule has 2 heterocycles. The summed E-state index contributed by atoms with van der Waals surface area (Å²) in [6.45, 7) is 2.27. The highest BCUT2D eigenvalue weighted by molar-refractivity contribution is 7.15. The molecule has 16 heavy (non-hydrogen) atoms. The van der Waals surface area contributed by atoms with Crippen LogP contribution in [0.25, 0.3) is 0 Å². The van der Waals surface area contributed by atoms with E-state index in [1.54, 1.807) is 11.3 Å². The number of thiazole rings is 1. The van der Waals surface area contributed by atoms with E-state index >= 15 is 0 Å². The summed E-state index contributed by atoms with van der Waals surface area (Å²) in [5, 5.41) is 0.746. The second kappa shape index (κ2) is 4.34. The Morgan fingerprint density at radius 2 is 2.06 bits per heavy atom. The molecule has 0 radical (unpaired) electrons. The van der Waals surface area contributed by atoms with Gasteiger partial charge in [-0.2, -0.15) is 0 Å². The van der Waals surface area contributed by atoms with Crippen molar-refractivity contribution in [3.63, 3.8) is 0 Å². The predicted octanol–water partition coefficient (Wildman–Crippen LogP) is 2.42. The third kappa shape index (κ3) is 1.96. The number of nitrogen functional groups attached to an aromatic ring is 1. The molecule has 3 rings (SSSR count). The molecule has 0 aromatic carbocycles. The predicted molar refractivity (Wildman–Crippen MR) is 67.5 cm³/mol. The lowest BCUT2D eigenvalue weighted by Gasteiger charge is -2.36. The molecule has 1 fully saturated rings. The molecular weight excluding hydrogens is 218 g/mol. The number of fused-ring (bicyclic) bond motifs is 1. The monoisotopic (exact) mass is 237 g/mol. The van der Waals surface area contributed by atoms with Crippen molar-refractivity contribution >= 4 is 16.5 Å². The Kier molecular flexibility index (Phi) is 2.86. The Morgan fingerprint density at radius 3 is 2.88 bits per heavy atom. The van der Waals surface area contributed by atoms with Crippen LogP contribution in [0, 0.1) is 0 Å². The molecule has 1 aromatic heterocycles. The van der Waals surface area contributed by atoms with Crippen LogP contribution in [0.5, 0.6) is 0 Å². The molecule has 0 spiro atoms. The van der Waals surface area contributed by atoms with Crippen LogP contribution in [0.2, 0.25) is 0 Å². The molecule has 2 N–H and O–H groups in total. The van der Waals surface area contributed by atoms with Gasteiger partial charge in [0.25, 0.3) is 0 Å². The van der Waals surface area contributed by atoms with Crippen molar-refractivity contribution in [2.45, 2.75) is 51.1 Å². The van der Waals surface area contributed by atoms with Gasteiger partial charge in [0.1, 0.15) is 0 Å². The first-order valence-corrected chi connectivity index (χ1v) is 7.12. The highest BCUT2D eigenvalue weighted by atomic mass is 32.1. The third-order valence-electron chi connectivity index (χ3n) is 3.87. The smallest absolute Gasteiger partial charge is 0.180 e. The van der Waals surface area contributed by atoms with Gasteiger partial charge in [0.15, 0.2) is 5.13 Å². The average molecular weight is 237 g/mol. The van der Waals surface area contributed by atoms with E-state index in [1.807, 2.05) is 0 Å². The average Bonchev–Trinajstić information content (AvgIpc) is 2.69. The van der Waals surface area contributed by atoms with Gasteiger partial charge in [0.2, 0.25) is 0 Å². The number of hydrogen-bond acceptors (Lipinski definition) is 4. The zero-order valence-electron chi connectivity index (χ0n) is 9.61. The normalized spacial score (nSPS) is 23.2. The van der Waals surface area contributed by atoms with Crippen LogP contribution in [-0.2, 0) is 13.0 Å². The second-order valence-corrected chi connectivity index (χ2v) is 6.05. The molecule has 3 nitrogen and oxygen atoms in total. The maximum absolute atomic E-state index is 5.77. The molecule has 1 saturated carbocycles. The molecule has 1 aliphatic carbocycles. The van der Waals surface area contributed by atoms with E-state index in [-0.39, 0.29) is 0 Å². The van der Waals surface area contributed by atoms with Gasteiger partial charge in [-0.05, 0) is 12.8 Å². The maximum Gasteiger partial charge on any atom is 0.180 e. The summed E-state index contributed by atoms with van der Waals surface area (Å²) in [4.78, 5) is 8.46. The summed E-state index contributed by atoms with van der Waals surface area (Å²) in [6.07, 6.45) is 8.15. The lowest BCUT2D eigenvalue weighted by molar-refractivity contribution is 0.142. The number of nitrogens with two attached hydrogens (primary N) is 1. The Bertz CT molecular complexity index is 368. The van der Waals surface area contributed by atoms with Crippen LogP contribution in [0.3, 0.4) is 0 Å². The molecule has 1 aromatic rings. The van der Waals surface area contributed by atoms with Crippen LogP contribution in [-0.4, -0.2) is 22.5 Å². The molecule has 0 saturated heterocycles. The number of rotatable bonds is 1. The van der Waals surface area contributed by atoms with Crippen molar-refractivity contribution in [2.75, 3.05) is 12.3 Å². The molecule has 0 amide bonds. The van der Waals surface area contributed by atoms with E-state index in [0.717, 1.165) is 24.1 Å². The minimum absolute atomic E-state index is 0.746. The van der Waals surface area contributed by atoms with Gasteiger partial charge in [0, 0.05) is 30.4 Å². The maximum atomic E-state index is 5.77. The molecule has 0 bridgehead atoms. The van der Waals surface area contributed by atoms with Gasteiger partial charge in [-0.25, -0.2) is 4.98 Å². The van der Waals surface area contributed by atoms with Gasteiger partial charge in [-0.3, -0.25) is 4.90 Å². The first-order valence-electron chi connectivity index (χ1n) is 6.31. The van der Waals surface area contributed by atoms with Crippen LogP contribution in [0.15, 0.2) is 0 Å².